The van der Waals surface area contributed by atoms with E-state index in [0.29, 0.717) is 6.42 Å². The van der Waals surface area contributed by atoms with Crippen LogP contribution in [0, 0.1) is 6.92 Å². The zero-order valence-electron chi connectivity index (χ0n) is 12.5. The van der Waals surface area contributed by atoms with Gasteiger partial charge in [0.25, 0.3) is 0 Å². The Morgan fingerprint density at radius 2 is 2.05 bits per heavy atom. The van der Waals surface area contributed by atoms with Crippen molar-refractivity contribution in [2.75, 3.05) is 0 Å². The van der Waals surface area contributed by atoms with Crippen LogP contribution >= 0.6 is 0 Å². The van der Waals surface area contributed by atoms with Crippen molar-refractivity contribution in [2.24, 2.45) is 7.05 Å². The van der Waals surface area contributed by atoms with Gasteiger partial charge in [-0.3, -0.25) is 4.79 Å². The van der Waals surface area contributed by atoms with E-state index in [0.717, 1.165) is 36.5 Å². The molecule has 2 aromatic rings. The average molecular weight is 284 g/mol. The second kappa shape index (κ2) is 5.35. The zero-order valence-corrected chi connectivity index (χ0v) is 12.5. The molecule has 1 heterocycles. The zero-order chi connectivity index (χ0) is 15.0. The van der Waals surface area contributed by atoms with Crippen LogP contribution in [0.3, 0.4) is 0 Å². The van der Waals surface area contributed by atoms with Crippen LogP contribution in [-0.2, 0) is 31.1 Å². The maximum atomic E-state index is 11.2. The number of hydrogen-bond donors (Lipinski definition) is 1. The molecule has 1 aromatic heterocycles. The van der Waals surface area contributed by atoms with E-state index in [1.54, 1.807) is 0 Å². The molecule has 0 aliphatic heterocycles. The number of carboxylic acid groups (broad SMARTS) is 1. The van der Waals surface area contributed by atoms with E-state index in [1.165, 1.54) is 11.1 Å². The molecule has 1 aliphatic carbocycles. The Kier molecular flexibility index (Phi) is 3.53. The molecular formula is C17H20N2O2. The lowest BCUT2D eigenvalue weighted by Gasteiger charge is -2.05. The van der Waals surface area contributed by atoms with E-state index >= 15 is 0 Å². The number of hydrogen-bond acceptors (Lipinski definition) is 2. The van der Waals surface area contributed by atoms with Gasteiger partial charge in [0.2, 0.25) is 0 Å². The number of nitrogens with zero attached hydrogens (tertiary/aromatic N) is 2. The van der Waals surface area contributed by atoms with Gasteiger partial charge in [0, 0.05) is 19.2 Å². The summed E-state index contributed by atoms with van der Waals surface area (Å²) in [5.41, 5.74) is 4.43. The van der Waals surface area contributed by atoms with Gasteiger partial charge in [0.15, 0.2) is 0 Å². The van der Waals surface area contributed by atoms with Gasteiger partial charge in [-0.25, -0.2) is 4.98 Å². The summed E-state index contributed by atoms with van der Waals surface area (Å²) in [7, 11) is 2.00. The minimum absolute atomic E-state index is 0.417. The number of aryl methyl sites for hydroxylation is 3. The molecule has 3 rings (SSSR count). The first-order chi connectivity index (χ1) is 10.1. The average Bonchev–Trinajstić information content (AvgIpc) is 2.99. The largest absolute Gasteiger partial charge is 0.481 e. The maximum Gasteiger partial charge on any atom is 0.312 e. The molecule has 1 aliphatic rings. The third-order valence-electron chi connectivity index (χ3n) is 4.39. The quantitative estimate of drug-likeness (QED) is 0.939. The molecule has 110 valence electrons. The minimum atomic E-state index is -0.753. The highest BCUT2D eigenvalue weighted by atomic mass is 16.4. The van der Waals surface area contributed by atoms with Gasteiger partial charge in [0.1, 0.15) is 11.7 Å². The number of carbonyl (C=O) groups is 1. The lowest BCUT2D eigenvalue weighted by molar-refractivity contribution is -0.138. The van der Waals surface area contributed by atoms with Crippen molar-refractivity contribution in [3.05, 3.63) is 52.6 Å². The molecule has 0 bridgehead atoms. The molecule has 0 amide bonds. The molecule has 1 N–H and O–H groups in total. The smallest absolute Gasteiger partial charge is 0.312 e. The summed E-state index contributed by atoms with van der Waals surface area (Å²) in [4.78, 5) is 15.9. The third kappa shape index (κ3) is 2.58. The van der Waals surface area contributed by atoms with Gasteiger partial charge in [-0.2, -0.15) is 0 Å². The van der Waals surface area contributed by atoms with E-state index < -0.39 is 11.9 Å². The maximum absolute atomic E-state index is 11.2. The van der Waals surface area contributed by atoms with Crippen molar-refractivity contribution >= 4 is 5.97 Å². The van der Waals surface area contributed by atoms with Crippen molar-refractivity contribution in [2.45, 2.75) is 38.5 Å². The third-order valence-corrected chi connectivity index (χ3v) is 4.39. The van der Waals surface area contributed by atoms with E-state index in [9.17, 15) is 9.90 Å². The van der Waals surface area contributed by atoms with Gasteiger partial charge in [-0.05, 0) is 31.7 Å². The van der Waals surface area contributed by atoms with Crippen LogP contribution in [0.1, 0.15) is 40.7 Å². The molecule has 1 atom stereocenters. The molecule has 0 spiro atoms. The summed E-state index contributed by atoms with van der Waals surface area (Å²) in [6.45, 7) is 2.08. The fraction of sp³-hybridized carbons (Fsp3) is 0.412. The molecule has 0 saturated heterocycles. The summed E-state index contributed by atoms with van der Waals surface area (Å²) in [6, 6.07) is 8.53. The molecule has 21 heavy (non-hydrogen) atoms. The first kappa shape index (κ1) is 13.9. The van der Waals surface area contributed by atoms with Crippen LogP contribution in [0.2, 0.25) is 0 Å². The number of aliphatic carboxylic acids is 1. The van der Waals surface area contributed by atoms with Crippen LogP contribution in [-0.4, -0.2) is 20.6 Å². The fourth-order valence-electron chi connectivity index (χ4n) is 3.07. The SMILES string of the molecule is Cc1ccc(CCc2nc3c(n2C)CCC3C(=O)O)cc1. The lowest BCUT2D eigenvalue weighted by Crippen LogP contribution is -2.09. The summed E-state index contributed by atoms with van der Waals surface area (Å²) in [6.07, 6.45) is 3.28. The standard InChI is InChI=1S/C17H20N2O2/c1-11-3-5-12(6-4-11)7-10-15-18-16-13(17(20)21)8-9-14(16)19(15)2/h3-6,13H,7-10H2,1-2H3,(H,20,21). The highest BCUT2D eigenvalue weighted by Gasteiger charge is 2.33. The van der Waals surface area contributed by atoms with Gasteiger partial charge < -0.3 is 9.67 Å². The van der Waals surface area contributed by atoms with Gasteiger partial charge in [-0.15, -0.1) is 0 Å². The Morgan fingerprint density at radius 1 is 1.33 bits per heavy atom. The topological polar surface area (TPSA) is 55.1 Å². The predicted molar refractivity (Wildman–Crippen MR) is 80.5 cm³/mol. The number of aromatic nitrogens is 2. The van der Waals surface area contributed by atoms with E-state index in [2.05, 4.69) is 40.7 Å². The Balaban J connectivity index is 1.77. The summed E-state index contributed by atoms with van der Waals surface area (Å²) in [5, 5.41) is 9.24. The summed E-state index contributed by atoms with van der Waals surface area (Å²) >= 11 is 0. The van der Waals surface area contributed by atoms with E-state index in [1.807, 2.05) is 7.05 Å². The first-order valence-electron chi connectivity index (χ1n) is 7.39. The second-order valence-corrected chi connectivity index (χ2v) is 5.83. The monoisotopic (exact) mass is 284 g/mol. The predicted octanol–water partition coefficient (Wildman–Crippen LogP) is 2.63. The molecule has 0 radical (unpaired) electrons. The highest BCUT2D eigenvalue weighted by Crippen LogP contribution is 2.33. The second-order valence-electron chi connectivity index (χ2n) is 5.83. The van der Waals surface area contributed by atoms with Crippen molar-refractivity contribution in [3.63, 3.8) is 0 Å². The molecular weight excluding hydrogens is 264 g/mol. The molecule has 4 nitrogen and oxygen atoms in total. The number of imidazole rings is 1. The van der Waals surface area contributed by atoms with E-state index in [4.69, 9.17) is 0 Å². The van der Waals surface area contributed by atoms with E-state index in [-0.39, 0.29) is 0 Å². The van der Waals surface area contributed by atoms with Crippen molar-refractivity contribution in [3.8, 4) is 0 Å². The first-order valence-corrected chi connectivity index (χ1v) is 7.39. The summed E-state index contributed by atoms with van der Waals surface area (Å²) < 4.78 is 2.09. The van der Waals surface area contributed by atoms with Crippen LogP contribution in [0.5, 0.6) is 0 Å². The number of carboxylic acids is 1. The summed E-state index contributed by atoms with van der Waals surface area (Å²) in [5.74, 6) is -0.178. The lowest BCUT2D eigenvalue weighted by atomic mass is 10.1. The Hall–Kier alpha value is -2.10. The van der Waals surface area contributed by atoms with Gasteiger partial charge >= 0.3 is 5.97 Å². The van der Waals surface area contributed by atoms with Crippen LogP contribution in [0.15, 0.2) is 24.3 Å². The van der Waals surface area contributed by atoms with Gasteiger partial charge in [0.05, 0.1) is 5.69 Å². The van der Waals surface area contributed by atoms with Crippen LogP contribution in [0.4, 0.5) is 0 Å². The number of rotatable bonds is 4. The molecule has 0 saturated carbocycles. The van der Waals surface area contributed by atoms with Crippen molar-refractivity contribution in [1.29, 1.82) is 0 Å². The Bertz CT molecular complexity index is 671. The Labute approximate surface area is 124 Å². The number of fused-ring (bicyclic) bond motifs is 1. The van der Waals surface area contributed by atoms with Gasteiger partial charge in [-0.1, -0.05) is 29.8 Å². The van der Waals surface area contributed by atoms with Crippen LogP contribution < -0.4 is 0 Å². The highest BCUT2D eigenvalue weighted by molar-refractivity contribution is 5.76. The molecule has 4 heteroatoms. The number of benzene rings is 1. The Morgan fingerprint density at radius 3 is 2.71 bits per heavy atom. The van der Waals surface area contributed by atoms with Crippen LogP contribution in [0.25, 0.3) is 0 Å². The van der Waals surface area contributed by atoms with Crippen molar-refractivity contribution < 1.29 is 9.90 Å². The molecule has 0 fully saturated rings. The fourth-order valence-corrected chi connectivity index (χ4v) is 3.07. The normalized spacial score (nSPS) is 17.0. The molecule has 1 unspecified atom stereocenters. The minimum Gasteiger partial charge on any atom is -0.481 e. The van der Waals surface area contributed by atoms with Crippen molar-refractivity contribution in [1.82, 2.24) is 9.55 Å². The molecule has 1 aromatic carbocycles.